The number of nitrogens with two attached hydrogens (primary N) is 1. The standard InChI is InChI=1S/C10H10F3NO2S/c1-15-7-2-6(9(14)5-17)3-8(4-7)16-10(11,12)13/h2-5,17H,14H2,1H3/b9-5-. The minimum Gasteiger partial charge on any atom is -0.497 e. The summed E-state index contributed by atoms with van der Waals surface area (Å²) in [6.45, 7) is 0. The predicted molar refractivity (Wildman–Crippen MR) is 60.8 cm³/mol. The van der Waals surface area contributed by atoms with Crippen molar-refractivity contribution in [3.8, 4) is 11.5 Å². The number of halogens is 3. The van der Waals surface area contributed by atoms with Gasteiger partial charge in [-0.3, -0.25) is 0 Å². The van der Waals surface area contributed by atoms with Crippen molar-refractivity contribution in [1.29, 1.82) is 0 Å². The molecule has 0 heterocycles. The summed E-state index contributed by atoms with van der Waals surface area (Å²) in [4.78, 5) is 0. The van der Waals surface area contributed by atoms with Gasteiger partial charge in [0.25, 0.3) is 0 Å². The van der Waals surface area contributed by atoms with Crippen LogP contribution in [-0.4, -0.2) is 13.5 Å². The highest BCUT2D eigenvalue weighted by molar-refractivity contribution is 7.83. The molecular weight excluding hydrogens is 255 g/mol. The summed E-state index contributed by atoms with van der Waals surface area (Å²) < 4.78 is 44.8. The molecule has 0 spiro atoms. The Bertz CT molecular complexity index is 432. The lowest BCUT2D eigenvalue weighted by Gasteiger charge is -2.12. The molecule has 0 aliphatic carbocycles. The zero-order chi connectivity index (χ0) is 13.1. The summed E-state index contributed by atoms with van der Waals surface area (Å²) >= 11 is 3.82. The Balaban J connectivity index is 3.14. The molecule has 0 aliphatic heterocycles. The van der Waals surface area contributed by atoms with Gasteiger partial charge in [0.1, 0.15) is 11.5 Å². The molecule has 1 aromatic rings. The van der Waals surface area contributed by atoms with Crippen molar-refractivity contribution in [1.82, 2.24) is 0 Å². The van der Waals surface area contributed by atoms with Crippen LogP contribution >= 0.6 is 12.6 Å². The van der Waals surface area contributed by atoms with Gasteiger partial charge in [0.2, 0.25) is 0 Å². The maximum atomic E-state index is 12.1. The first kappa shape index (κ1) is 13.6. The molecule has 17 heavy (non-hydrogen) atoms. The Hall–Kier alpha value is -1.50. The molecule has 1 aromatic carbocycles. The predicted octanol–water partition coefficient (Wildman–Crippen LogP) is 2.78. The first-order chi connectivity index (χ1) is 7.85. The number of hydrogen-bond acceptors (Lipinski definition) is 4. The fraction of sp³-hybridized carbons (Fsp3) is 0.200. The number of thiol groups is 1. The number of hydrogen-bond donors (Lipinski definition) is 2. The maximum Gasteiger partial charge on any atom is 0.573 e. The van der Waals surface area contributed by atoms with Crippen LogP contribution in [0, 0.1) is 0 Å². The second-order valence-electron chi connectivity index (χ2n) is 3.03. The van der Waals surface area contributed by atoms with Crippen LogP contribution in [0.15, 0.2) is 23.6 Å². The van der Waals surface area contributed by atoms with Crippen molar-refractivity contribution in [2.24, 2.45) is 5.73 Å². The van der Waals surface area contributed by atoms with Gasteiger partial charge in [0.05, 0.1) is 7.11 Å². The van der Waals surface area contributed by atoms with Crippen LogP contribution in [0.1, 0.15) is 5.56 Å². The average Bonchev–Trinajstić information content (AvgIpc) is 2.25. The van der Waals surface area contributed by atoms with E-state index in [1.165, 1.54) is 18.6 Å². The zero-order valence-corrected chi connectivity index (χ0v) is 9.68. The third-order valence-corrected chi connectivity index (χ3v) is 2.10. The first-order valence-corrected chi connectivity index (χ1v) is 4.92. The van der Waals surface area contributed by atoms with E-state index >= 15 is 0 Å². The molecule has 7 heteroatoms. The molecule has 0 saturated heterocycles. The van der Waals surface area contributed by atoms with Crippen LogP contribution in [0.5, 0.6) is 11.5 Å². The SMILES string of the molecule is COc1cc(OC(F)(F)F)cc(/C(N)=C/S)c1. The van der Waals surface area contributed by atoms with E-state index in [0.29, 0.717) is 5.56 Å². The van der Waals surface area contributed by atoms with Crippen molar-refractivity contribution >= 4 is 18.3 Å². The van der Waals surface area contributed by atoms with Crippen LogP contribution in [-0.2, 0) is 0 Å². The highest BCUT2D eigenvalue weighted by Crippen LogP contribution is 2.29. The lowest BCUT2D eigenvalue weighted by Crippen LogP contribution is -2.17. The van der Waals surface area contributed by atoms with E-state index < -0.39 is 12.1 Å². The first-order valence-electron chi connectivity index (χ1n) is 4.41. The summed E-state index contributed by atoms with van der Waals surface area (Å²) in [5.74, 6) is -0.190. The van der Waals surface area contributed by atoms with E-state index in [4.69, 9.17) is 10.5 Å². The van der Waals surface area contributed by atoms with Crippen molar-refractivity contribution in [3.63, 3.8) is 0 Å². The average molecular weight is 265 g/mol. The molecule has 0 aromatic heterocycles. The monoisotopic (exact) mass is 265 g/mol. The molecular formula is C10H10F3NO2S. The largest absolute Gasteiger partial charge is 0.573 e. The van der Waals surface area contributed by atoms with Crippen molar-refractivity contribution < 1.29 is 22.6 Å². The van der Waals surface area contributed by atoms with Crippen molar-refractivity contribution in [2.45, 2.75) is 6.36 Å². The summed E-state index contributed by atoms with van der Waals surface area (Å²) in [5, 5.41) is 1.27. The van der Waals surface area contributed by atoms with Gasteiger partial charge >= 0.3 is 6.36 Å². The molecule has 3 nitrogen and oxygen atoms in total. The Morgan fingerprint density at radius 1 is 1.29 bits per heavy atom. The zero-order valence-electron chi connectivity index (χ0n) is 8.78. The molecule has 0 fully saturated rings. The van der Waals surface area contributed by atoms with E-state index in [9.17, 15) is 13.2 Å². The smallest absolute Gasteiger partial charge is 0.497 e. The summed E-state index contributed by atoms with van der Waals surface area (Å²) in [6, 6.07) is 3.74. The fourth-order valence-corrected chi connectivity index (χ4v) is 1.27. The molecule has 0 bridgehead atoms. The maximum absolute atomic E-state index is 12.1. The molecule has 0 radical (unpaired) electrons. The minimum atomic E-state index is -4.76. The highest BCUT2D eigenvalue weighted by atomic mass is 32.1. The van der Waals surface area contributed by atoms with Gasteiger partial charge in [-0.2, -0.15) is 0 Å². The quantitative estimate of drug-likeness (QED) is 0.826. The molecule has 94 valence electrons. The summed E-state index contributed by atoms with van der Waals surface area (Å²) in [7, 11) is 1.33. The summed E-state index contributed by atoms with van der Waals surface area (Å²) in [6.07, 6.45) is -4.76. The third-order valence-electron chi connectivity index (χ3n) is 1.82. The van der Waals surface area contributed by atoms with Crippen LogP contribution in [0.4, 0.5) is 13.2 Å². The van der Waals surface area contributed by atoms with E-state index in [1.54, 1.807) is 0 Å². The van der Waals surface area contributed by atoms with E-state index in [0.717, 1.165) is 12.1 Å². The molecule has 0 unspecified atom stereocenters. The number of benzene rings is 1. The van der Waals surface area contributed by atoms with E-state index in [-0.39, 0.29) is 11.4 Å². The van der Waals surface area contributed by atoms with Gasteiger partial charge < -0.3 is 15.2 Å². The second-order valence-corrected chi connectivity index (χ2v) is 3.29. The van der Waals surface area contributed by atoms with Gasteiger partial charge in [-0.05, 0) is 17.5 Å². The minimum absolute atomic E-state index is 0.208. The van der Waals surface area contributed by atoms with Gasteiger partial charge in [-0.1, -0.05) is 0 Å². The van der Waals surface area contributed by atoms with Gasteiger partial charge in [-0.15, -0.1) is 25.8 Å². The van der Waals surface area contributed by atoms with Gasteiger partial charge in [0, 0.05) is 17.3 Å². The second kappa shape index (κ2) is 5.22. The van der Waals surface area contributed by atoms with Crippen LogP contribution in [0.3, 0.4) is 0 Å². The number of rotatable bonds is 3. The van der Waals surface area contributed by atoms with E-state index in [2.05, 4.69) is 17.4 Å². The van der Waals surface area contributed by atoms with Gasteiger partial charge in [0.15, 0.2) is 0 Å². The molecule has 0 saturated carbocycles. The molecule has 1 rings (SSSR count). The third kappa shape index (κ3) is 4.10. The Labute approximate surface area is 101 Å². The Kier molecular flexibility index (Phi) is 4.17. The lowest BCUT2D eigenvalue weighted by atomic mass is 10.1. The molecule has 0 atom stereocenters. The normalized spacial score (nSPS) is 12.4. The fourth-order valence-electron chi connectivity index (χ4n) is 1.12. The number of methoxy groups -OCH3 is 1. The number of alkyl halides is 3. The Morgan fingerprint density at radius 2 is 1.88 bits per heavy atom. The Morgan fingerprint density at radius 3 is 2.35 bits per heavy atom. The molecule has 2 N–H and O–H groups in total. The molecule has 0 amide bonds. The van der Waals surface area contributed by atoms with Crippen molar-refractivity contribution in [3.05, 3.63) is 29.2 Å². The lowest BCUT2D eigenvalue weighted by molar-refractivity contribution is -0.274. The number of ether oxygens (including phenoxy) is 2. The van der Waals surface area contributed by atoms with Crippen LogP contribution < -0.4 is 15.2 Å². The van der Waals surface area contributed by atoms with Gasteiger partial charge in [-0.25, -0.2) is 0 Å². The van der Waals surface area contributed by atoms with Crippen LogP contribution in [0.2, 0.25) is 0 Å². The topological polar surface area (TPSA) is 44.5 Å². The van der Waals surface area contributed by atoms with E-state index in [1.807, 2.05) is 0 Å². The van der Waals surface area contributed by atoms with Crippen molar-refractivity contribution in [2.75, 3.05) is 7.11 Å². The summed E-state index contributed by atoms with van der Waals surface area (Å²) in [5.41, 5.74) is 6.08. The molecule has 0 aliphatic rings. The van der Waals surface area contributed by atoms with Crippen LogP contribution in [0.25, 0.3) is 5.70 Å². The highest BCUT2D eigenvalue weighted by Gasteiger charge is 2.31.